The van der Waals surface area contributed by atoms with Gasteiger partial charge < -0.3 is 10.6 Å². The molecule has 0 aliphatic carbocycles. The van der Waals surface area contributed by atoms with E-state index in [2.05, 4.69) is 0 Å². The largest absolute Gasteiger partial charge is 0.329 e. The van der Waals surface area contributed by atoms with Crippen molar-refractivity contribution < 1.29 is 9.59 Å². The lowest BCUT2D eigenvalue weighted by molar-refractivity contribution is -0.117. The summed E-state index contributed by atoms with van der Waals surface area (Å²) in [4.78, 5) is 24.5. The van der Waals surface area contributed by atoms with Crippen LogP contribution in [-0.2, 0) is 4.79 Å². The van der Waals surface area contributed by atoms with E-state index in [4.69, 9.17) is 5.73 Å². The molecular formula is C11H12N2O2. The average Bonchev–Trinajstić information content (AvgIpc) is 2.59. The first-order chi connectivity index (χ1) is 7.18. The number of nitrogens with two attached hydrogens (primary N) is 1. The second-order valence-electron chi connectivity index (χ2n) is 3.62. The van der Waals surface area contributed by atoms with Crippen LogP contribution >= 0.6 is 0 Å². The Hall–Kier alpha value is -1.68. The summed E-state index contributed by atoms with van der Waals surface area (Å²) in [6, 6.07) is 8.39. The predicted octanol–water partition coefficient (Wildman–Crippen LogP) is 0.0388. The highest BCUT2D eigenvalue weighted by Crippen LogP contribution is 2.09. The molecule has 4 nitrogen and oxygen atoms in total. The minimum atomic E-state index is -0.516. The molecule has 0 aromatic heterocycles. The Kier molecular flexibility index (Phi) is 2.51. The summed E-state index contributed by atoms with van der Waals surface area (Å²) in [5.74, 6) is -0.198. The topological polar surface area (TPSA) is 63.4 Å². The van der Waals surface area contributed by atoms with Crippen LogP contribution in [0.15, 0.2) is 30.3 Å². The summed E-state index contributed by atoms with van der Waals surface area (Å²) in [7, 11) is 0. The van der Waals surface area contributed by atoms with Gasteiger partial charge in [0, 0.05) is 12.1 Å². The van der Waals surface area contributed by atoms with Gasteiger partial charge in [0.2, 0.25) is 0 Å². The Morgan fingerprint density at radius 2 is 2.00 bits per heavy atom. The number of benzene rings is 1. The lowest BCUT2D eigenvalue weighted by Crippen LogP contribution is -2.32. The molecule has 1 amide bonds. The normalized spacial score (nSPS) is 20.7. The van der Waals surface area contributed by atoms with Crippen molar-refractivity contribution in [1.29, 1.82) is 0 Å². The molecule has 1 unspecified atom stereocenters. The quantitative estimate of drug-likeness (QED) is 0.702. The summed E-state index contributed by atoms with van der Waals surface area (Å²) in [5.41, 5.74) is 6.14. The van der Waals surface area contributed by atoms with Gasteiger partial charge in [-0.15, -0.1) is 0 Å². The highest BCUT2D eigenvalue weighted by atomic mass is 16.2. The Bertz CT molecular complexity index is 389. The van der Waals surface area contributed by atoms with E-state index >= 15 is 0 Å². The molecule has 1 fully saturated rings. The van der Waals surface area contributed by atoms with E-state index in [1.165, 1.54) is 4.90 Å². The third-order valence-electron chi connectivity index (χ3n) is 2.49. The maximum Gasteiger partial charge on any atom is 0.254 e. The van der Waals surface area contributed by atoms with E-state index in [0.717, 1.165) is 0 Å². The van der Waals surface area contributed by atoms with Gasteiger partial charge in [-0.3, -0.25) is 9.59 Å². The summed E-state index contributed by atoms with van der Waals surface area (Å²) < 4.78 is 0. The van der Waals surface area contributed by atoms with Crippen LogP contribution in [-0.4, -0.2) is 35.7 Å². The van der Waals surface area contributed by atoms with Gasteiger partial charge in [-0.2, -0.15) is 0 Å². The van der Waals surface area contributed by atoms with Crippen LogP contribution in [0.3, 0.4) is 0 Å². The number of ketones is 1. The third kappa shape index (κ3) is 1.89. The molecule has 1 aromatic rings. The van der Waals surface area contributed by atoms with E-state index in [9.17, 15) is 9.59 Å². The van der Waals surface area contributed by atoms with Crippen molar-refractivity contribution in [1.82, 2.24) is 4.90 Å². The summed E-state index contributed by atoms with van der Waals surface area (Å²) in [5, 5.41) is 0. The highest BCUT2D eigenvalue weighted by Gasteiger charge is 2.31. The van der Waals surface area contributed by atoms with Gasteiger partial charge in [-0.1, -0.05) is 18.2 Å². The highest BCUT2D eigenvalue weighted by molar-refractivity contribution is 6.00. The van der Waals surface area contributed by atoms with Crippen molar-refractivity contribution in [3.05, 3.63) is 35.9 Å². The SMILES string of the molecule is NC1CN(C(=O)c2ccccc2)CC1=O. The Morgan fingerprint density at radius 1 is 1.33 bits per heavy atom. The molecule has 4 heteroatoms. The molecule has 1 saturated heterocycles. The van der Waals surface area contributed by atoms with Crippen LogP contribution in [0.5, 0.6) is 0 Å². The zero-order valence-electron chi connectivity index (χ0n) is 8.22. The molecule has 2 rings (SSSR count). The monoisotopic (exact) mass is 204 g/mol. The number of likely N-dealkylation sites (tertiary alicyclic amines) is 1. The number of nitrogens with zero attached hydrogens (tertiary/aromatic N) is 1. The summed E-state index contributed by atoms with van der Waals surface area (Å²) in [6.45, 7) is 0.460. The Labute approximate surface area is 87.7 Å². The molecule has 0 saturated carbocycles. The van der Waals surface area contributed by atoms with Gasteiger partial charge in [0.15, 0.2) is 5.78 Å². The molecule has 1 aromatic carbocycles. The minimum Gasteiger partial charge on any atom is -0.329 e. The first-order valence-corrected chi connectivity index (χ1v) is 4.81. The Morgan fingerprint density at radius 3 is 2.53 bits per heavy atom. The van der Waals surface area contributed by atoms with Crippen LogP contribution in [0.25, 0.3) is 0 Å². The number of Topliss-reactive ketones (excluding diaryl/α,β-unsaturated/α-hetero) is 1. The van der Waals surface area contributed by atoms with Crippen LogP contribution in [0.4, 0.5) is 0 Å². The molecule has 78 valence electrons. The maximum atomic E-state index is 11.9. The lowest BCUT2D eigenvalue weighted by Gasteiger charge is -2.14. The van der Waals surface area contributed by atoms with Crippen molar-refractivity contribution in [2.45, 2.75) is 6.04 Å². The lowest BCUT2D eigenvalue weighted by atomic mass is 10.2. The maximum absolute atomic E-state index is 11.9. The number of carbonyl (C=O) groups excluding carboxylic acids is 2. The zero-order valence-corrected chi connectivity index (χ0v) is 8.22. The fraction of sp³-hybridized carbons (Fsp3) is 0.273. The molecule has 1 atom stereocenters. The smallest absolute Gasteiger partial charge is 0.254 e. The fourth-order valence-corrected chi connectivity index (χ4v) is 1.63. The van der Waals surface area contributed by atoms with Crippen LogP contribution in [0, 0.1) is 0 Å². The van der Waals surface area contributed by atoms with Crippen LogP contribution < -0.4 is 5.73 Å². The molecular weight excluding hydrogens is 192 g/mol. The number of hydrogen-bond donors (Lipinski definition) is 1. The third-order valence-corrected chi connectivity index (χ3v) is 2.49. The summed E-state index contributed by atoms with van der Waals surface area (Å²) in [6.07, 6.45) is 0. The minimum absolute atomic E-state index is 0.0701. The van der Waals surface area contributed by atoms with Gasteiger partial charge in [-0.05, 0) is 12.1 Å². The molecule has 1 aliphatic heterocycles. The van der Waals surface area contributed by atoms with E-state index in [-0.39, 0.29) is 18.2 Å². The van der Waals surface area contributed by atoms with Crippen molar-refractivity contribution in [3.63, 3.8) is 0 Å². The van der Waals surface area contributed by atoms with Gasteiger partial charge >= 0.3 is 0 Å². The van der Waals surface area contributed by atoms with Crippen molar-refractivity contribution in [3.8, 4) is 0 Å². The second-order valence-corrected chi connectivity index (χ2v) is 3.62. The van der Waals surface area contributed by atoms with Crippen molar-refractivity contribution in [2.75, 3.05) is 13.1 Å². The van der Waals surface area contributed by atoms with Gasteiger partial charge in [-0.25, -0.2) is 0 Å². The first-order valence-electron chi connectivity index (χ1n) is 4.81. The van der Waals surface area contributed by atoms with E-state index in [1.54, 1.807) is 24.3 Å². The number of amides is 1. The standard InChI is InChI=1S/C11H12N2O2/c12-9-6-13(7-10(9)14)11(15)8-4-2-1-3-5-8/h1-5,9H,6-7,12H2. The fourth-order valence-electron chi connectivity index (χ4n) is 1.63. The number of rotatable bonds is 1. The Balaban J connectivity index is 2.14. The molecule has 0 radical (unpaired) electrons. The second kappa shape index (κ2) is 3.82. The van der Waals surface area contributed by atoms with Gasteiger partial charge in [0.25, 0.3) is 5.91 Å². The molecule has 1 heterocycles. The van der Waals surface area contributed by atoms with E-state index in [0.29, 0.717) is 12.1 Å². The molecule has 15 heavy (non-hydrogen) atoms. The number of hydrogen-bond acceptors (Lipinski definition) is 3. The average molecular weight is 204 g/mol. The van der Waals surface area contributed by atoms with Crippen LogP contribution in [0.1, 0.15) is 10.4 Å². The summed E-state index contributed by atoms with van der Waals surface area (Å²) >= 11 is 0. The molecule has 1 aliphatic rings. The molecule has 0 spiro atoms. The van der Waals surface area contributed by atoms with E-state index < -0.39 is 6.04 Å². The predicted molar refractivity (Wildman–Crippen MR) is 55.3 cm³/mol. The van der Waals surface area contributed by atoms with E-state index in [1.807, 2.05) is 6.07 Å². The van der Waals surface area contributed by atoms with Gasteiger partial charge in [0.1, 0.15) is 0 Å². The molecule has 2 N–H and O–H groups in total. The van der Waals surface area contributed by atoms with Crippen molar-refractivity contribution >= 4 is 11.7 Å². The number of carbonyl (C=O) groups is 2. The van der Waals surface area contributed by atoms with Crippen molar-refractivity contribution in [2.24, 2.45) is 5.73 Å². The van der Waals surface area contributed by atoms with Crippen LogP contribution in [0.2, 0.25) is 0 Å². The van der Waals surface area contributed by atoms with Gasteiger partial charge in [0.05, 0.1) is 12.6 Å². The molecule has 0 bridgehead atoms. The first kappa shape index (κ1) is 9.86. The zero-order chi connectivity index (χ0) is 10.8.